The summed E-state index contributed by atoms with van der Waals surface area (Å²) in [6, 6.07) is 5.03. The van der Waals surface area contributed by atoms with Gasteiger partial charge in [-0.2, -0.15) is 0 Å². The highest BCUT2D eigenvalue weighted by molar-refractivity contribution is 5.30. The average molecular weight is 272 g/mol. The molecule has 2 heteroatoms. The summed E-state index contributed by atoms with van der Waals surface area (Å²) >= 11 is 0. The lowest BCUT2D eigenvalue weighted by molar-refractivity contribution is 0.237. The fourth-order valence-electron chi connectivity index (χ4n) is 4.24. The summed E-state index contributed by atoms with van der Waals surface area (Å²) in [6.07, 6.45) is 12.9. The maximum absolute atomic E-state index is 4.72. The standard InChI is InChI=1S/C18H28N2/c1-2-12-19-17(14-7-4-3-5-8-14)16-11-10-15-9-6-13-20-18(15)16/h6,9,13-14,16-17,19H,2-5,7-8,10-12H2,1H3. The Hall–Kier alpha value is -0.890. The van der Waals surface area contributed by atoms with Crippen molar-refractivity contribution in [3.05, 3.63) is 29.6 Å². The van der Waals surface area contributed by atoms with Gasteiger partial charge in [0.1, 0.15) is 0 Å². The molecule has 1 fully saturated rings. The number of nitrogens with one attached hydrogen (secondary N) is 1. The zero-order chi connectivity index (χ0) is 13.8. The second-order valence-electron chi connectivity index (χ2n) is 6.57. The minimum absolute atomic E-state index is 0.654. The van der Waals surface area contributed by atoms with Crippen molar-refractivity contribution >= 4 is 0 Å². The van der Waals surface area contributed by atoms with Gasteiger partial charge in [-0.25, -0.2) is 0 Å². The maximum Gasteiger partial charge on any atom is 0.0482 e. The lowest BCUT2D eigenvalue weighted by Gasteiger charge is -2.35. The van der Waals surface area contributed by atoms with E-state index in [0.717, 1.165) is 12.5 Å². The number of hydrogen-bond donors (Lipinski definition) is 1. The van der Waals surface area contributed by atoms with E-state index in [2.05, 4.69) is 24.4 Å². The summed E-state index contributed by atoms with van der Waals surface area (Å²) < 4.78 is 0. The quantitative estimate of drug-likeness (QED) is 0.874. The molecule has 1 aromatic rings. The van der Waals surface area contributed by atoms with E-state index >= 15 is 0 Å². The number of nitrogens with zero attached hydrogens (tertiary/aromatic N) is 1. The summed E-state index contributed by atoms with van der Waals surface area (Å²) in [6.45, 7) is 3.42. The van der Waals surface area contributed by atoms with E-state index in [1.807, 2.05) is 6.20 Å². The molecule has 110 valence electrons. The zero-order valence-electron chi connectivity index (χ0n) is 12.8. The van der Waals surface area contributed by atoms with Gasteiger partial charge in [0.05, 0.1) is 0 Å². The van der Waals surface area contributed by atoms with E-state index in [-0.39, 0.29) is 0 Å². The van der Waals surface area contributed by atoms with Gasteiger partial charge in [-0.3, -0.25) is 4.98 Å². The van der Waals surface area contributed by atoms with Crippen LogP contribution < -0.4 is 5.32 Å². The predicted molar refractivity (Wildman–Crippen MR) is 84.0 cm³/mol. The van der Waals surface area contributed by atoms with Crippen LogP contribution in [0.4, 0.5) is 0 Å². The summed E-state index contributed by atoms with van der Waals surface area (Å²) in [7, 11) is 0. The first-order valence-electron chi connectivity index (χ1n) is 8.57. The molecule has 2 atom stereocenters. The third-order valence-electron chi connectivity index (χ3n) is 5.22. The van der Waals surface area contributed by atoms with Crippen molar-refractivity contribution in [1.29, 1.82) is 0 Å². The molecule has 1 N–H and O–H groups in total. The normalized spacial score (nSPS) is 24.6. The van der Waals surface area contributed by atoms with Crippen molar-refractivity contribution in [3.63, 3.8) is 0 Å². The topological polar surface area (TPSA) is 24.9 Å². The molecule has 1 aromatic heterocycles. The summed E-state index contributed by atoms with van der Waals surface area (Å²) in [5.41, 5.74) is 2.89. The van der Waals surface area contributed by atoms with Crippen LogP contribution in [0, 0.1) is 5.92 Å². The molecular formula is C18H28N2. The molecule has 2 nitrogen and oxygen atoms in total. The van der Waals surface area contributed by atoms with E-state index in [1.165, 1.54) is 62.6 Å². The maximum atomic E-state index is 4.72. The third-order valence-corrected chi connectivity index (χ3v) is 5.22. The number of hydrogen-bond acceptors (Lipinski definition) is 2. The number of pyridine rings is 1. The van der Waals surface area contributed by atoms with Crippen LogP contribution >= 0.6 is 0 Å². The average Bonchev–Trinajstić information content (AvgIpc) is 2.93. The van der Waals surface area contributed by atoms with Crippen LogP contribution in [-0.4, -0.2) is 17.6 Å². The lowest BCUT2D eigenvalue weighted by atomic mass is 9.77. The number of fused-ring (bicyclic) bond motifs is 1. The van der Waals surface area contributed by atoms with Crippen LogP contribution in [0.5, 0.6) is 0 Å². The Morgan fingerprint density at radius 2 is 2.10 bits per heavy atom. The van der Waals surface area contributed by atoms with Gasteiger partial charge in [-0.1, -0.05) is 32.3 Å². The van der Waals surface area contributed by atoms with Gasteiger partial charge in [-0.05, 0) is 56.2 Å². The van der Waals surface area contributed by atoms with Crippen molar-refractivity contribution in [1.82, 2.24) is 10.3 Å². The van der Waals surface area contributed by atoms with Crippen molar-refractivity contribution in [2.75, 3.05) is 6.54 Å². The van der Waals surface area contributed by atoms with E-state index in [1.54, 1.807) is 0 Å². The van der Waals surface area contributed by atoms with Crippen LogP contribution in [0.2, 0.25) is 0 Å². The third kappa shape index (κ3) is 2.90. The fourth-order valence-corrected chi connectivity index (χ4v) is 4.24. The molecule has 0 aromatic carbocycles. The minimum atomic E-state index is 0.654. The van der Waals surface area contributed by atoms with Crippen LogP contribution in [-0.2, 0) is 6.42 Å². The number of aryl methyl sites for hydroxylation is 1. The number of rotatable bonds is 5. The van der Waals surface area contributed by atoms with E-state index < -0.39 is 0 Å². The Bertz CT molecular complexity index is 423. The Balaban J connectivity index is 1.78. The SMILES string of the molecule is CCCNC(C1CCCCC1)C1CCc2cccnc21. The summed E-state index contributed by atoms with van der Waals surface area (Å²) in [4.78, 5) is 4.72. The second-order valence-corrected chi connectivity index (χ2v) is 6.57. The smallest absolute Gasteiger partial charge is 0.0482 e. The molecule has 2 aliphatic carbocycles. The molecule has 0 spiro atoms. The Labute approximate surface area is 123 Å². The molecule has 3 rings (SSSR count). The molecule has 1 heterocycles. The van der Waals surface area contributed by atoms with Gasteiger partial charge in [0.2, 0.25) is 0 Å². The van der Waals surface area contributed by atoms with Crippen molar-refractivity contribution in [2.24, 2.45) is 5.92 Å². The largest absolute Gasteiger partial charge is 0.313 e. The van der Waals surface area contributed by atoms with E-state index in [9.17, 15) is 0 Å². The molecule has 0 amide bonds. The second kappa shape index (κ2) is 6.71. The lowest BCUT2D eigenvalue weighted by Crippen LogP contribution is -2.42. The van der Waals surface area contributed by atoms with E-state index in [4.69, 9.17) is 4.98 Å². The van der Waals surface area contributed by atoms with Crippen molar-refractivity contribution in [3.8, 4) is 0 Å². The first-order valence-corrected chi connectivity index (χ1v) is 8.57. The molecule has 0 aliphatic heterocycles. The zero-order valence-corrected chi connectivity index (χ0v) is 12.8. The monoisotopic (exact) mass is 272 g/mol. The van der Waals surface area contributed by atoms with Crippen LogP contribution in [0.25, 0.3) is 0 Å². The first-order chi connectivity index (χ1) is 9.90. The summed E-state index contributed by atoms with van der Waals surface area (Å²) in [5.74, 6) is 1.52. The predicted octanol–water partition coefficient (Wildman–Crippen LogP) is 4.06. The molecule has 2 aliphatic rings. The van der Waals surface area contributed by atoms with Crippen LogP contribution in [0.1, 0.15) is 69.0 Å². The van der Waals surface area contributed by atoms with Gasteiger partial charge in [0.25, 0.3) is 0 Å². The van der Waals surface area contributed by atoms with Crippen LogP contribution in [0.3, 0.4) is 0 Å². The van der Waals surface area contributed by atoms with E-state index in [0.29, 0.717) is 12.0 Å². The van der Waals surface area contributed by atoms with Crippen molar-refractivity contribution < 1.29 is 0 Å². The molecule has 1 saturated carbocycles. The van der Waals surface area contributed by atoms with Gasteiger partial charge >= 0.3 is 0 Å². The number of aromatic nitrogens is 1. The molecular weight excluding hydrogens is 244 g/mol. The van der Waals surface area contributed by atoms with Gasteiger partial charge in [0, 0.05) is 23.9 Å². The molecule has 2 unspecified atom stereocenters. The van der Waals surface area contributed by atoms with Gasteiger partial charge in [-0.15, -0.1) is 0 Å². The Morgan fingerprint density at radius 1 is 1.25 bits per heavy atom. The highest BCUT2D eigenvalue weighted by Gasteiger charge is 2.35. The molecule has 0 radical (unpaired) electrons. The molecule has 0 bridgehead atoms. The Morgan fingerprint density at radius 3 is 2.90 bits per heavy atom. The van der Waals surface area contributed by atoms with Gasteiger partial charge in [0.15, 0.2) is 0 Å². The minimum Gasteiger partial charge on any atom is -0.313 e. The molecule has 0 saturated heterocycles. The fraction of sp³-hybridized carbons (Fsp3) is 0.722. The summed E-state index contributed by atoms with van der Waals surface area (Å²) in [5, 5.41) is 3.88. The van der Waals surface area contributed by atoms with Crippen LogP contribution in [0.15, 0.2) is 18.3 Å². The van der Waals surface area contributed by atoms with Gasteiger partial charge < -0.3 is 5.32 Å². The highest BCUT2D eigenvalue weighted by Crippen LogP contribution is 2.40. The van der Waals surface area contributed by atoms with Crippen molar-refractivity contribution in [2.45, 2.75) is 70.3 Å². The highest BCUT2D eigenvalue weighted by atomic mass is 14.9. The Kier molecular flexibility index (Phi) is 4.72. The first kappa shape index (κ1) is 14.1. The molecule has 20 heavy (non-hydrogen) atoms.